The molecule has 1 aliphatic carbocycles. The predicted molar refractivity (Wildman–Crippen MR) is 449 cm³/mol. The van der Waals surface area contributed by atoms with Gasteiger partial charge in [-0.1, -0.05) is 289 Å². The van der Waals surface area contributed by atoms with Crippen molar-refractivity contribution in [2.75, 3.05) is 26.4 Å². The number of carbonyl (C=O) groups is 4. The lowest BCUT2D eigenvalue weighted by molar-refractivity contribution is -0.360. The lowest BCUT2D eigenvalue weighted by atomic mass is 9.84. The van der Waals surface area contributed by atoms with Crippen LogP contribution in [0.5, 0.6) is 0 Å². The zero-order valence-corrected chi connectivity index (χ0v) is 72.9. The fourth-order valence-corrected chi connectivity index (χ4v) is 15.9. The van der Waals surface area contributed by atoms with Gasteiger partial charge in [0.15, 0.2) is 24.8 Å². The molecule has 0 spiro atoms. The first-order valence-corrected chi connectivity index (χ1v) is 47.7. The number of ether oxygens (including phenoxy) is 8. The second-order valence-corrected chi connectivity index (χ2v) is 34.2. The summed E-state index contributed by atoms with van der Waals surface area (Å²) in [7, 11) is -5.81. The smallest absolute Gasteiger partial charge is 0.463 e. The van der Waals surface area contributed by atoms with Gasteiger partial charge in [-0.05, 0) is 103 Å². The predicted octanol–water partition coefficient (Wildman–Crippen LogP) is 16.7. The van der Waals surface area contributed by atoms with Crippen molar-refractivity contribution in [3.8, 4) is 0 Å². The van der Waals surface area contributed by atoms with E-state index in [0.29, 0.717) is 38.5 Å². The van der Waals surface area contributed by atoms with Crippen molar-refractivity contribution in [1.29, 1.82) is 0 Å². The van der Waals surface area contributed by atoms with Crippen LogP contribution in [0.4, 0.5) is 0 Å². The largest absolute Gasteiger partial charge is 0.472 e. The number of rotatable bonds is 74. The third-order valence-corrected chi connectivity index (χ3v) is 23.3. The minimum absolute atomic E-state index is 0.00844. The van der Waals surface area contributed by atoms with E-state index in [2.05, 4.69) is 64.2 Å². The highest BCUT2D eigenvalue weighted by molar-refractivity contribution is 7.47. The molecular weight excluding hydrogens is 1510 g/mol. The summed E-state index contributed by atoms with van der Waals surface area (Å²) in [6.07, 6.45) is 30.1. The number of esters is 4. The molecule has 0 aromatic rings. The van der Waals surface area contributed by atoms with E-state index >= 15 is 0 Å². The second-order valence-electron chi connectivity index (χ2n) is 32.8. The fraction of sp³-hybridized carbons (Fsp3) is 0.889. The third-order valence-electron chi connectivity index (χ3n) is 22.3. The number of carbonyl (C=O) groups excluding carboxylic acids is 4. The van der Waals surface area contributed by atoms with Crippen LogP contribution >= 0.6 is 7.82 Å². The summed E-state index contributed by atoms with van der Waals surface area (Å²) in [5.74, 6) is -3.01. The average Bonchev–Trinajstić information content (AvgIpc) is 0.754. The molecule has 10 N–H and O–H groups in total. The summed E-state index contributed by atoms with van der Waals surface area (Å²) in [4.78, 5) is 66.4. The van der Waals surface area contributed by atoms with E-state index in [-0.39, 0.29) is 32.1 Å². The Morgan fingerprint density at radius 2 is 0.647 bits per heavy atom. The van der Waals surface area contributed by atoms with Crippen LogP contribution in [0.3, 0.4) is 0 Å². The number of aliphatic hydroxyl groups excluding tert-OH is 9. The maximum absolute atomic E-state index is 14.9. The van der Waals surface area contributed by atoms with Gasteiger partial charge < -0.3 is 88.7 Å². The molecule has 3 aliphatic rings. The SMILES string of the molecule is CCCCCC/C=C\CCCCCCCCCC(=O)OCC(COP(=O)(O)OC1C(OC2OC(CO)C(O)C(O)C2O)C(O)C(O)C(OC(=O)CCCCC/C=C\CCCCCCCC)C1OC1OC(COC(=O)CCCCC/C=C\CCCCCCCC)C(O)C(O)C1O)OC(=O)CCCCCCCCCCCCCCCCCC. The molecule has 26 heteroatoms. The first-order valence-electron chi connectivity index (χ1n) is 46.2. The topological polar surface area (TPSA) is 380 Å². The van der Waals surface area contributed by atoms with Gasteiger partial charge in [0.2, 0.25) is 0 Å². The van der Waals surface area contributed by atoms with E-state index in [1.165, 1.54) is 148 Å². The van der Waals surface area contributed by atoms with Gasteiger partial charge in [0.25, 0.3) is 0 Å². The Balaban J connectivity index is 1.93. The molecule has 25 nitrogen and oxygen atoms in total. The molecule has 0 aromatic heterocycles. The number of unbranched alkanes of at least 4 members (excludes halogenated alkanes) is 44. The molecule has 1 saturated carbocycles. The maximum Gasteiger partial charge on any atom is 0.472 e. The van der Waals surface area contributed by atoms with E-state index in [1.807, 2.05) is 0 Å². The van der Waals surface area contributed by atoms with Crippen molar-refractivity contribution < 1.29 is 122 Å². The van der Waals surface area contributed by atoms with E-state index in [9.17, 15) is 74.6 Å². The number of phosphoric ester groups is 1. The molecule has 0 amide bonds. The molecule has 116 heavy (non-hydrogen) atoms. The van der Waals surface area contributed by atoms with Gasteiger partial charge in [-0.15, -0.1) is 0 Å². The summed E-state index contributed by atoms with van der Waals surface area (Å²) < 4.78 is 73.3. The van der Waals surface area contributed by atoms with Gasteiger partial charge in [-0.2, -0.15) is 0 Å². The standard InChI is InChI=1S/C90H163O25P/c1-5-9-13-17-21-25-29-33-35-37-41-45-48-52-56-60-64-75(94)109-70(67-106-73(92)62-58-54-50-46-43-40-36-34-30-26-22-18-14-10-6-2)68-108-116(104,105)115-88-86(113-89-83(102)79(98)77(96)71(66-91)110-89)82(101)81(100)85(112-76(95)65-61-57-53-49-44-39-32-28-24-20-16-12-8-4)87(88)114-90-84(103)80(99)78(97)72(111-90)69-107-74(93)63-59-55-51-47-42-38-31-27-23-19-15-11-7-3/h26,30,38-39,42,44,70-72,77-91,96-103H,5-25,27-29,31-37,40-41,43,45-69H2,1-4H3,(H,104,105)/b30-26-,42-38-,44-39-. The van der Waals surface area contributed by atoms with E-state index < -0.39 is 162 Å². The van der Waals surface area contributed by atoms with Crippen LogP contribution in [-0.2, 0) is 70.7 Å². The van der Waals surface area contributed by atoms with Crippen LogP contribution < -0.4 is 0 Å². The second kappa shape index (κ2) is 69.1. The summed E-state index contributed by atoms with van der Waals surface area (Å²) in [5, 5.41) is 102. The van der Waals surface area contributed by atoms with Crippen molar-refractivity contribution in [1.82, 2.24) is 0 Å². The third kappa shape index (κ3) is 49.1. The Kier molecular flexibility index (Phi) is 63.7. The Labute approximate surface area is 697 Å². The van der Waals surface area contributed by atoms with E-state index in [4.69, 9.17) is 46.9 Å². The average molecular weight is 1680 g/mol. The van der Waals surface area contributed by atoms with Crippen molar-refractivity contribution >= 4 is 31.7 Å². The molecule has 3 rings (SSSR count). The highest BCUT2D eigenvalue weighted by Crippen LogP contribution is 2.49. The number of aliphatic hydroxyl groups is 9. The Hall–Kier alpha value is -3.31. The monoisotopic (exact) mass is 1680 g/mol. The number of hydrogen-bond donors (Lipinski definition) is 10. The summed E-state index contributed by atoms with van der Waals surface area (Å²) >= 11 is 0. The van der Waals surface area contributed by atoms with Gasteiger partial charge in [-0.3, -0.25) is 28.2 Å². The maximum atomic E-state index is 14.9. The summed E-state index contributed by atoms with van der Waals surface area (Å²) in [6.45, 7) is 5.53. The molecule has 2 heterocycles. The highest BCUT2D eigenvalue weighted by Gasteiger charge is 2.60. The van der Waals surface area contributed by atoms with E-state index in [0.717, 1.165) is 135 Å². The zero-order chi connectivity index (χ0) is 84.7. The molecule has 0 bridgehead atoms. The molecule has 678 valence electrons. The van der Waals surface area contributed by atoms with Crippen LogP contribution in [0, 0.1) is 0 Å². The number of allylic oxidation sites excluding steroid dienone is 6. The van der Waals surface area contributed by atoms with Gasteiger partial charge in [-0.25, -0.2) is 4.57 Å². The Bertz CT molecular complexity index is 2560. The molecular formula is C90H163O25P. The zero-order valence-electron chi connectivity index (χ0n) is 72.0. The quantitative estimate of drug-likeness (QED) is 0.00889. The van der Waals surface area contributed by atoms with Gasteiger partial charge in [0.05, 0.1) is 13.2 Å². The number of hydrogen-bond acceptors (Lipinski definition) is 24. The molecule has 0 radical (unpaired) electrons. The van der Waals surface area contributed by atoms with Crippen LogP contribution in [-0.4, -0.2) is 205 Å². The molecule has 2 aliphatic heterocycles. The molecule has 2 saturated heterocycles. The van der Waals surface area contributed by atoms with Crippen molar-refractivity contribution in [2.45, 2.75) is 485 Å². The van der Waals surface area contributed by atoms with Crippen molar-refractivity contribution in [3.05, 3.63) is 36.5 Å². The normalized spacial score (nSPS) is 25.3. The molecule has 3 fully saturated rings. The van der Waals surface area contributed by atoms with Gasteiger partial charge >= 0.3 is 31.7 Å². The Morgan fingerprint density at radius 1 is 0.336 bits per heavy atom. The summed E-state index contributed by atoms with van der Waals surface area (Å²) in [5.41, 5.74) is 0. The van der Waals surface area contributed by atoms with Gasteiger partial charge in [0.1, 0.15) is 92.6 Å². The lowest BCUT2D eigenvalue weighted by Gasteiger charge is -2.50. The minimum atomic E-state index is -5.81. The van der Waals surface area contributed by atoms with Crippen LogP contribution in [0.15, 0.2) is 36.5 Å². The number of phosphoric acid groups is 1. The molecule has 18 unspecified atom stereocenters. The first-order chi connectivity index (χ1) is 56.2. The first kappa shape index (κ1) is 107. The Morgan fingerprint density at radius 3 is 1.04 bits per heavy atom. The van der Waals surface area contributed by atoms with Crippen LogP contribution in [0.1, 0.15) is 381 Å². The highest BCUT2D eigenvalue weighted by atomic mass is 31.2. The van der Waals surface area contributed by atoms with Gasteiger partial charge in [0, 0.05) is 25.7 Å². The summed E-state index contributed by atoms with van der Waals surface area (Å²) in [6, 6.07) is 0. The van der Waals surface area contributed by atoms with Crippen LogP contribution in [0.25, 0.3) is 0 Å². The molecule has 0 aromatic carbocycles. The lowest BCUT2D eigenvalue weighted by Crippen LogP contribution is -2.70. The van der Waals surface area contributed by atoms with Crippen LogP contribution in [0.2, 0.25) is 0 Å². The van der Waals surface area contributed by atoms with E-state index in [1.54, 1.807) is 0 Å². The fourth-order valence-electron chi connectivity index (χ4n) is 14.9. The van der Waals surface area contributed by atoms with Crippen molar-refractivity contribution in [2.24, 2.45) is 0 Å². The minimum Gasteiger partial charge on any atom is -0.463 e. The molecule has 18 atom stereocenters. The van der Waals surface area contributed by atoms with Crippen molar-refractivity contribution in [3.63, 3.8) is 0 Å².